The van der Waals surface area contributed by atoms with E-state index in [2.05, 4.69) is 15.3 Å². The van der Waals surface area contributed by atoms with Crippen molar-refractivity contribution in [2.45, 2.75) is 49.9 Å². The smallest absolute Gasteiger partial charge is 0.254 e. The highest BCUT2D eigenvalue weighted by Gasteiger charge is 2.22. The molecule has 26 heavy (non-hydrogen) atoms. The van der Waals surface area contributed by atoms with Gasteiger partial charge in [0.05, 0.1) is 17.6 Å². The molecule has 138 valence electrons. The third kappa shape index (κ3) is 4.27. The topological polar surface area (TPSA) is 84.1 Å². The Hall–Kier alpha value is -2.28. The lowest BCUT2D eigenvalue weighted by molar-refractivity contribution is -0.115. The van der Waals surface area contributed by atoms with Crippen molar-refractivity contribution in [3.63, 3.8) is 0 Å². The van der Waals surface area contributed by atoms with Crippen LogP contribution in [-0.4, -0.2) is 27.7 Å². The molecule has 0 radical (unpaired) electrons. The molecule has 1 aliphatic rings. The SMILES string of the molecule is CCOc1ccc(NC(=O)C(CC)Sc2nc3c(c(=O)[nH]2)CCC3)cc1. The first-order valence-electron chi connectivity index (χ1n) is 8.93. The van der Waals surface area contributed by atoms with Crippen LogP contribution in [-0.2, 0) is 17.6 Å². The molecule has 3 rings (SSSR count). The summed E-state index contributed by atoms with van der Waals surface area (Å²) in [5.74, 6) is 0.664. The number of carbonyl (C=O) groups excluding carboxylic acids is 1. The second kappa shape index (κ2) is 8.40. The molecule has 0 fully saturated rings. The molecule has 6 nitrogen and oxygen atoms in total. The van der Waals surface area contributed by atoms with Gasteiger partial charge >= 0.3 is 0 Å². The zero-order chi connectivity index (χ0) is 18.5. The Bertz CT molecular complexity index is 833. The summed E-state index contributed by atoms with van der Waals surface area (Å²) in [6.07, 6.45) is 3.23. The van der Waals surface area contributed by atoms with Crippen molar-refractivity contribution in [3.05, 3.63) is 45.9 Å². The van der Waals surface area contributed by atoms with E-state index in [1.807, 2.05) is 38.1 Å². The van der Waals surface area contributed by atoms with Gasteiger partial charge in [-0.2, -0.15) is 0 Å². The van der Waals surface area contributed by atoms with Crippen molar-refractivity contribution in [2.24, 2.45) is 0 Å². The summed E-state index contributed by atoms with van der Waals surface area (Å²) < 4.78 is 5.40. The summed E-state index contributed by atoms with van der Waals surface area (Å²) in [6.45, 7) is 4.48. The zero-order valence-electron chi connectivity index (χ0n) is 15.0. The van der Waals surface area contributed by atoms with E-state index in [0.29, 0.717) is 23.9 Å². The fourth-order valence-electron chi connectivity index (χ4n) is 2.96. The van der Waals surface area contributed by atoms with Crippen LogP contribution in [0.5, 0.6) is 5.75 Å². The first-order chi connectivity index (χ1) is 12.6. The fourth-order valence-corrected chi connectivity index (χ4v) is 3.87. The predicted molar refractivity (Wildman–Crippen MR) is 103 cm³/mol. The molecule has 1 unspecified atom stereocenters. The Balaban J connectivity index is 1.67. The average Bonchev–Trinajstić information content (AvgIpc) is 3.10. The number of H-pyrrole nitrogens is 1. The Morgan fingerprint density at radius 2 is 2.08 bits per heavy atom. The number of nitrogens with one attached hydrogen (secondary N) is 2. The molecule has 0 saturated heterocycles. The Morgan fingerprint density at radius 3 is 2.77 bits per heavy atom. The summed E-state index contributed by atoms with van der Waals surface area (Å²) in [5.41, 5.74) is 2.31. The number of aromatic nitrogens is 2. The number of hydrogen-bond acceptors (Lipinski definition) is 5. The highest BCUT2D eigenvalue weighted by Crippen LogP contribution is 2.25. The summed E-state index contributed by atoms with van der Waals surface area (Å²) >= 11 is 1.30. The molecular weight excluding hydrogens is 350 g/mol. The number of thioether (sulfide) groups is 1. The van der Waals surface area contributed by atoms with Gasteiger partial charge < -0.3 is 15.0 Å². The molecule has 0 aliphatic heterocycles. The van der Waals surface area contributed by atoms with E-state index in [-0.39, 0.29) is 16.7 Å². The molecule has 2 N–H and O–H groups in total. The van der Waals surface area contributed by atoms with Crippen molar-refractivity contribution in [1.29, 1.82) is 0 Å². The van der Waals surface area contributed by atoms with Crippen LogP contribution >= 0.6 is 11.8 Å². The van der Waals surface area contributed by atoms with Crippen LogP contribution in [0, 0.1) is 0 Å². The Kier molecular flexibility index (Phi) is 5.98. The van der Waals surface area contributed by atoms with Gasteiger partial charge in [0.25, 0.3) is 5.56 Å². The van der Waals surface area contributed by atoms with Gasteiger partial charge in [0.1, 0.15) is 5.75 Å². The normalized spacial score (nSPS) is 13.9. The molecule has 1 heterocycles. The van der Waals surface area contributed by atoms with Crippen LogP contribution in [0.1, 0.15) is 37.9 Å². The molecule has 1 aromatic carbocycles. The molecule has 0 bridgehead atoms. The summed E-state index contributed by atoms with van der Waals surface area (Å²) in [5, 5.41) is 3.10. The van der Waals surface area contributed by atoms with Gasteiger partial charge in [-0.15, -0.1) is 0 Å². The molecule has 0 spiro atoms. The lowest BCUT2D eigenvalue weighted by Crippen LogP contribution is -2.25. The van der Waals surface area contributed by atoms with Gasteiger partial charge in [0, 0.05) is 11.3 Å². The molecule has 0 saturated carbocycles. The minimum Gasteiger partial charge on any atom is -0.494 e. The highest BCUT2D eigenvalue weighted by molar-refractivity contribution is 8.00. The van der Waals surface area contributed by atoms with Crippen LogP contribution in [0.2, 0.25) is 0 Å². The number of aromatic amines is 1. The van der Waals surface area contributed by atoms with E-state index in [1.54, 1.807) is 0 Å². The number of nitrogens with zero attached hydrogens (tertiary/aromatic N) is 1. The first-order valence-corrected chi connectivity index (χ1v) is 9.81. The van der Waals surface area contributed by atoms with E-state index in [4.69, 9.17) is 4.74 Å². The summed E-state index contributed by atoms with van der Waals surface area (Å²) in [6, 6.07) is 7.28. The number of anilines is 1. The molecule has 1 aliphatic carbocycles. The van der Waals surface area contributed by atoms with Crippen molar-refractivity contribution in [3.8, 4) is 5.75 Å². The third-order valence-electron chi connectivity index (χ3n) is 4.27. The van der Waals surface area contributed by atoms with Crippen molar-refractivity contribution < 1.29 is 9.53 Å². The summed E-state index contributed by atoms with van der Waals surface area (Å²) in [4.78, 5) is 32.1. The zero-order valence-corrected chi connectivity index (χ0v) is 15.8. The Morgan fingerprint density at radius 1 is 1.31 bits per heavy atom. The van der Waals surface area contributed by atoms with Crippen LogP contribution in [0.3, 0.4) is 0 Å². The minimum absolute atomic E-state index is 0.0724. The average molecular weight is 373 g/mol. The summed E-state index contributed by atoms with van der Waals surface area (Å²) in [7, 11) is 0. The maximum atomic E-state index is 12.6. The van der Waals surface area contributed by atoms with Gasteiger partial charge in [0.2, 0.25) is 5.91 Å². The number of ether oxygens (including phenoxy) is 1. The molecule has 1 aromatic heterocycles. The number of hydrogen-bond donors (Lipinski definition) is 2. The standard InChI is InChI=1S/C19H23N3O3S/c1-3-16(18(24)20-12-8-10-13(11-9-12)25-4-2)26-19-21-15-7-5-6-14(15)17(23)22-19/h8-11,16H,3-7H2,1-2H3,(H,20,24)(H,21,22,23). The number of amides is 1. The monoisotopic (exact) mass is 373 g/mol. The number of rotatable bonds is 7. The molecule has 1 atom stereocenters. The molecular formula is C19H23N3O3S. The van der Waals surface area contributed by atoms with Crippen molar-refractivity contribution in [1.82, 2.24) is 9.97 Å². The van der Waals surface area contributed by atoms with Crippen LogP contribution in [0.15, 0.2) is 34.2 Å². The van der Waals surface area contributed by atoms with Crippen molar-refractivity contribution >= 4 is 23.4 Å². The van der Waals surface area contributed by atoms with Crippen LogP contribution < -0.4 is 15.6 Å². The van der Waals surface area contributed by atoms with Gasteiger partial charge in [-0.3, -0.25) is 9.59 Å². The van der Waals surface area contributed by atoms with Gasteiger partial charge in [-0.25, -0.2) is 4.98 Å². The first kappa shape index (κ1) is 18.5. The lowest BCUT2D eigenvalue weighted by Gasteiger charge is -2.15. The molecule has 7 heteroatoms. The number of fused-ring (bicyclic) bond motifs is 1. The largest absolute Gasteiger partial charge is 0.494 e. The number of aryl methyl sites for hydroxylation is 1. The fraction of sp³-hybridized carbons (Fsp3) is 0.421. The maximum Gasteiger partial charge on any atom is 0.254 e. The molecule has 2 aromatic rings. The van der Waals surface area contributed by atoms with Crippen LogP contribution in [0.4, 0.5) is 5.69 Å². The van der Waals surface area contributed by atoms with Crippen LogP contribution in [0.25, 0.3) is 0 Å². The van der Waals surface area contributed by atoms with E-state index < -0.39 is 0 Å². The van der Waals surface area contributed by atoms with E-state index in [1.165, 1.54) is 11.8 Å². The van der Waals surface area contributed by atoms with Crippen molar-refractivity contribution in [2.75, 3.05) is 11.9 Å². The molecule has 1 amide bonds. The lowest BCUT2D eigenvalue weighted by atomic mass is 10.2. The predicted octanol–water partition coefficient (Wildman–Crippen LogP) is 3.17. The number of benzene rings is 1. The number of carbonyl (C=O) groups is 1. The van der Waals surface area contributed by atoms with E-state index in [0.717, 1.165) is 36.3 Å². The second-order valence-electron chi connectivity index (χ2n) is 6.11. The second-order valence-corrected chi connectivity index (χ2v) is 7.30. The van der Waals surface area contributed by atoms with Gasteiger partial charge in [-0.05, 0) is 56.9 Å². The highest BCUT2D eigenvalue weighted by atomic mass is 32.2. The van der Waals surface area contributed by atoms with E-state index >= 15 is 0 Å². The maximum absolute atomic E-state index is 12.6. The quantitative estimate of drug-likeness (QED) is 0.575. The van der Waals surface area contributed by atoms with E-state index in [9.17, 15) is 9.59 Å². The minimum atomic E-state index is -0.329. The van der Waals surface area contributed by atoms with Gasteiger partial charge in [-0.1, -0.05) is 18.7 Å². The third-order valence-corrected chi connectivity index (χ3v) is 5.52. The Labute approximate surface area is 156 Å². The van der Waals surface area contributed by atoms with Gasteiger partial charge in [0.15, 0.2) is 5.16 Å².